The number of aryl methyl sites for hydroxylation is 2. The number of rotatable bonds is 5. The van der Waals surface area contributed by atoms with Crippen molar-refractivity contribution in [3.8, 4) is 5.75 Å². The number of amides is 2. The predicted molar refractivity (Wildman–Crippen MR) is 118 cm³/mol. The maximum atomic E-state index is 12.5. The maximum absolute atomic E-state index is 12.5. The minimum atomic E-state index is -0.484. The average Bonchev–Trinajstić information content (AvgIpc) is 2.97. The smallest absolute Gasteiger partial charge is 0.262 e. The van der Waals surface area contributed by atoms with Crippen LogP contribution in [0.3, 0.4) is 0 Å². The van der Waals surface area contributed by atoms with Crippen molar-refractivity contribution in [1.29, 1.82) is 0 Å². The zero-order valence-electron chi connectivity index (χ0n) is 17.8. The first kappa shape index (κ1) is 21.4. The molecule has 5 nitrogen and oxygen atoms in total. The first-order chi connectivity index (χ1) is 13.6. The van der Waals surface area contributed by atoms with E-state index in [2.05, 4.69) is 26.1 Å². The van der Waals surface area contributed by atoms with Crippen molar-refractivity contribution < 1.29 is 14.3 Å². The van der Waals surface area contributed by atoms with Gasteiger partial charge in [-0.05, 0) is 61.6 Å². The second-order valence-corrected chi connectivity index (χ2v) is 10.1. The second-order valence-electron chi connectivity index (χ2n) is 8.98. The molecule has 156 valence electrons. The number of benzene rings is 1. The predicted octanol–water partition coefficient (Wildman–Crippen LogP) is 4.63. The van der Waals surface area contributed by atoms with E-state index in [1.165, 1.54) is 11.3 Å². The molecule has 1 aliphatic carbocycles. The van der Waals surface area contributed by atoms with E-state index >= 15 is 0 Å². The monoisotopic (exact) mass is 414 g/mol. The lowest BCUT2D eigenvalue weighted by molar-refractivity contribution is -0.118. The fourth-order valence-corrected chi connectivity index (χ4v) is 5.29. The van der Waals surface area contributed by atoms with Crippen LogP contribution in [0.4, 0.5) is 5.00 Å². The van der Waals surface area contributed by atoms with Gasteiger partial charge < -0.3 is 15.8 Å². The van der Waals surface area contributed by atoms with E-state index in [0.29, 0.717) is 22.2 Å². The molecule has 0 bridgehead atoms. The molecular formula is C23H30N2O3S. The summed E-state index contributed by atoms with van der Waals surface area (Å²) in [4.78, 5) is 25.8. The summed E-state index contributed by atoms with van der Waals surface area (Å²) in [5.74, 6) is 0.450. The van der Waals surface area contributed by atoms with Crippen LogP contribution in [0.2, 0.25) is 0 Å². The van der Waals surface area contributed by atoms with Crippen LogP contribution in [-0.2, 0) is 17.6 Å². The van der Waals surface area contributed by atoms with E-state index in [-0.39, 0.29) is 17.9 Å². The third-order valence-corrected chi connectivity index (χ3v) is 6.85. The largest absolute Gasteiger partial charge is 0.483 e. The van der Waals surface area contributed by atoms with Crippen molar-refractivity contribution in [3.63, 3.8) is 0 Å². The molecule has 1 aromatic heterocycles. The van der Waals surface area contributed by atoms with Gasteiger partial charge in [0.05, 0.1) is 5.56 Å². The number of anilines is 1. The van der Waals surface area contributed by atoms with Gasteiger partial charge in [-0.3, -0.25) is 9.59 Å². The molecule has 2 aromatic rings. The Morgan fingerprint density at radius 3 is 2.62 bits per heavy atom. The molecule has 3 N–H and O–H groups in total. The number of nitrogens with two attached hydrogens (primary N) is 1. The van der Waals surface area contributed by atoms with Gasteiger partial charge in [0.15, 0.2) is 6.61 Å². The lowest BCUT2D eigenvalue weighted by atomic mass is 9.72. The van der Waals surface area contributed by atoms with Gasteiger partial charge >= 0.3 is 0 Å². The van der Waals surface area contributed by atoms with Crippen molar-refractivity contribution in [2.75, 3.05) is 11.9 Å². The molecular weight excluding hydrogens is 384 g/mol. The van der Waals surface area contributed by atoms with Crippen LogP contribution in [0.15, 0.2) is 18.2 Å². The average molecular weight is 415 g/mol. The summed E-state index contributed by atoms with van der Waals surface area (Å²) in [6, 6.07) is 5.82. The highest BCUT2D eigenvalue weighted by Gasteiger charge is 2.33. The van der Waals surface area contributed by atoms with Gasteiger partial charge in [-0.15, -0.1) is 11.3 Å². The van der Waals surface area contributed by atoms with E-state index in [9.17, 15) is 9.59 Å². The number of primary amides is 1. The number of fused-ring (bicyclic) bond motifs is 1. The van der Waals surface area contributed by atoms with Gasteiger partial charge in [-0.2, -0.15) is 0 Å². The van der Waals surface area contributed by atoms with Gasteiger partial charge in [0.25, 0.3) is 11.8 Å². The van der Waals surface area contributed by atoms with Gasteiger partial charge in [0.1, 0.15) is 10.8 Å². The standard InChI is InChI=1S/C23H30N2O3S/c1-13-6-9-17(14(2)10-13)28-12-19(26)25-22-20(21(24)27)16-8-7-15(23(3,4)5)11-18(16)29-22/h6,9-10,15H,7-8,11-12H2,1-5H3,(H2,24,27)(H,25,26). The summed E-state index contributed by atoms with van der Waals surface area (Å²) in [6.45, 7) is 10.6. The summed E-state index contributed by atoms with van der Waals surface area (Å²) in [5.41, 5.74) is 9.47. The molecule has 0 spiro atoms. The van der Waals surface area contributed by atoms with E-state index in [1.54, 1.807) is 0 Å². The summed E-state index contributed by atoms with van der Waals surface area (Å²) in [5, 5.41) is 3.40. The van der Waals surface area contributed by atoms with Crippen LogP contribution in [0.25, 0.3) is 0 Å². The quantitative estimate of drug-likeness (QED) is 0.748. The Morgan fingerprint density at radius 1 is 1.28 bits per heavy atom. The zero-order valence-corrected chi connectivity index (χ0v) is 18.7. The topological polar surface area (TPSA) is 81.4 Å². The summed E-state index contributed by atoms with van der Waals surface area (Å²) >= 11 is 1.48. The summed E-state index contributed by atoms with van der Waals surface area (Å²) < 4.78 is 5.67. The molecule has 29 heavy (non-hydrogen) atoms. The van der Waals surface area contributed by atoms with E-state index < -0.39 is 5.91 Å². The Balaban J connectivity index is 1.74. The van der Waals surface area contributed by atoms with Gasteiger partial charge in [-0.1, -0.05) is 38.5 Å². The Morgan fingerprint density at radius 2 is 2.00 bits per heavy atom. The highest BCUT2D eigenvalue weighted by atomic mass is 32.1. The van der Waals surface area contributed by atoms with Gasteiger partial charge in [0.2, 0.25) is 0 Å². The van der Waals surface area contributed by atoms with Crippen LogP contribution in [0.5, 0.6) is 5.75 Å². The molecule has 1 heterocycles. The Kier molecular flexibility index (Phi) is 6.03. The van der Waals surface area contributed by atoms with E-state index in [0.717, 1.165) is 40.8 Å². The number of carbonyl (C=O) groups is 2. The minimum Gasteiger partial charge on any atom is -0.483 e. The Labute approximate surface area is 176 Å². The fraction of sp³-hybridized carbons (Fsp3) is 0.478. The van der Waals surface area contributed by atoms with E-state index in [4.69, 9.17) is 10.5 Å². The van der Waals surface area contributed by atoms with Gasteiger partial charge in [-0.25, -0.2) is 0 Å². The Bertz CT molecular complexity index is 940. The van der Waals surface area contributed by atoms with Crippen molar-refractivity contribution >= 4 is 28.2 Å². The molecule has 0 saturated carbocycles. The number of hydrogen-bond donors (Lipinski definition) is 2. The first-order valence-electron chi connectivity index (χ1n) is 10.0. The molecule has 3 rings (SSSR count). The van der Waals surface area contributed by atoms with Crippen molar-refractivity contribution in [2.24, 2.45) is 17.1 Å². The molecule has 0 saturated heterocycles. The lowest BCUT2D eigenvalue weighted by Gasteiger charge is -2.33. The lowest BCUT2D eigenvalue weighted by Crippen LogP contribution is -2.27. The highest BCUT2D eigenvalue weighted by molar-refractivity contribution is 7.17. The molecule has 1 unspecified atom stereocenters. The zero-order chi connectivity index (χ0) is 21.3. The number of thiophene rings is 1. The van der Waals surface area contributed by atoms with Crippen molar-refractivity contribution in [1.82, 2.24) is 0 Å². The third-order valence-electron chi connectivity index (χ3n) is 5.68. The van der Waals surface area contributed by atoms with Gasteiger partial charge in [0, 0.05) is 4.88 Å². The maximum Gasteiger partial charge on any atom is 0.262 e. The third kappa shape index (κ3) is 4.81. The molecule has 1 aromatic carbocycles. The number of nitrogens with one attached hydrogen (secondary N) is 1. The van der Waals surface area contributed by atoms with Crippen molar-refractivity contribution in [2.45, 2.75) is 53.9 Å². The SMILES string of the molecule is Cc1ccc(OCC(=O)Nc2sc3c(c2C(N)=O)CCC(C(C)(C)C)C3)c(C)c1. The molecule has 0 aliphatic heterocycles. The number of ether oxygens (including phenoxy) is 1. The van der Waals surface area contributed by atoms with Crippen LogP contribution in [0, 0.1) is 25.2 Å². The Hall–Kier alpha value is -2.34. The van der Waals surface area contributed by atoms with E-state index in [1.807, 2.05) is 32.0 Å². The number of hydrogen-bond acceptors (Lipinski definition) is 4. The first-order valence-corrected chi connectivity index (χ1v) is 10.8. The summed E-state index contributed by atoms with van der Waals surface area (Å²) in [7, 11) is 0. The van der Waals surface area contributed by atoms with Crippen LogP contribution < -0.4 is 15.8 Å². The molecule has 1 atom stereocenters. The molecule has 6 heteroatoms. The molecule has 0 radical (unpaired) electrons. The van der Waals surface area contributed by atoms with Crippen LogP contribution >= 0.6 is 11.3 Å². The summed E-state index contributed by atoms with van der Waals surface area (Å²) in [6.07, 6.45) is 2.76. The van der Waals surface area contributed by atoms with Crippen LogP contribution in [0.1, 0.15) is 59.1 Å². The van der Waals surface area contributed by atoms with Crippen LogP contribution in [-0.4, -0.2) is 18.4 Å². The molecule has 1 aliphatic rings. The normalized spacial score (nSPS) is 16.2. The number of carbonyl (C=O) groups excluding carboxylic acids is 2. The highest BCUT2D eigenvalue weighted by Crippen LogP contribution is 2.44. The fourth-order valence-electron chi connectivity index (χ4n) is 3.94. The molecule has 0 fully saturated rings. The van der Waals surface area contributed by atoms with Crippen molar-refractivity contribution in [3.05, 3.63) is 45.3 Å². The molecule has 2 amide bonds. The minimum absolute atomic E-state index is 0.116. The second kappa shape index (κ2) is 8.19.